The highest BCUT2D eigenvalue weighted by atomic mass is 32.2. The molecule has 0 saturated heterocycles. The molecule has 0 bridgehead atoms. The fourth-order valence-electron chi connectivity index (χ4n) is 3.03. The first-order valence-electron chi connectivity index (χ1n) is 8.80. The molecule has 3 rings (SSSR count). The number of carbonyl (C=O) groups excluding carboxylic acids is 1. The second-order valence-electron chi connectivity index (χ2n) is 7.18. The summed E-state index contributed by atoms with van der Waals surface area (Å²) in [5.74, 6) is -5.36. The molecule has 1 atom stereocenters. The largest absolute Gasteiger partial charge is 0.369 e. The van der Waals surface area contributed by atoms with E-state index in [1.165, 1.54) is 26.1 Å². The summed E-state index contributed by atoms with van der Waals surface area (Å²) < 4.78 is 40.1. The summed E-state index contributed by atoms with van der Waals surface area (Å²) in [6, 6.07) is 5.80. The Hall–Kier alpha value is -3.13. The van der Waals surface area contributed by atoms with Crippen molar-refractivity contribution in [2.75, 3.05) is 18.1 Å². The number of sulfonamides is 1. The molecule has 6 N–H and O–H groups in total. The lowest BCUT2D eigenvalue weighted by molar-refractivity contribution is -0.324. The van der Waals surface area contributed by atoms with Gasteiger partial charge in [-0.2, -0.15) is 0 Å². The number of benzene rings is 1. The fourth-order valence-corrected chi connectivity index (χ4v) is 4.48. The molecule has 0 saturated carbocycles. The van der Waals surface area contributed by atoms with Crippen molar-refractivity contribution in [2.24, 2.45) is 10.7 Å². The van der Waals surface area contributed by atoms with E-state index in [0.29, 0.717) is 0 Å². The van der Waals surface area contributed by atoms with Crippen LogP contribution in [-0.4, -0.2) is 57.7 Å². The molecule has 1 aliphatic rings. The van der Waals surface area contributed by atoms with Gasteiger partial charge in [0.1, 0.15) is 17.1 Å². The second kappa shape index (κ2) is 7.53. The van der Waals surface area contributed by atoms with Gasteiger partial charge in [0.25, 0.3) is 5.91 Å². The van der Waals surface area contributed by atoms with Crippen LogP contribution < -0.4 is 11.1 Å². The standard InChI is InChI=1S/C18H20FN5O6S/c1-17(9-31(29,30)24(2)16(20)23-17)12-7-11(4-5-13(12)19)22-15(25)14-6-3-10(8-21-14)18(26,27)28/h3-8,26-28H,9H2,1-2H3,(H2,20,23)(H,22,25)/t17-/m0/s1. The molecule has 0 spiro atoms. The summed E-state index contributed by atoms with van der Waals surface area (Å²) in [5.41, 5.74) is 3.75. The molecule has 2 heterocycles. The molecule has 0 unspecified atom stereocenters. The van der Waals surface area contributed by atoms with Crippen LogP contribution in [-0.2, 0) is 21.5 Å². The number of nitrogens with two attached hydrogens (primary N) is 1. The highest BCUT2D eigenvalue weighted by molar-refractivity contribution is 7.89. The quantitative estimate of drug-likeness (QED) is 0.380. The average Bonchev–Trinajstić information content (AvgIpc) is 2.66. The number of hydrogen-bond donors (Lipinski definition) is 5. The number of pyridine rings is 1. The number of guanidine groups is 1. The third-order valence-corrected chi connectivity index (χ3v) is 6.70. The molecule has 13 heteroatoms. The van der Waals surface area contributed by atoms with Crippen molar-refractivity contribution in [3.63, 3.8) is 0 Å². The van der Waals surface area contributed by atoms with Gasteiger partial charge in [0.05, 0.1) is 11.3 Å². The van der Waals surface area contributed by atoms with Crippen LogP contribution in [0.4, 0.5) is 10.1 Å². The van der Waals surface area contributed by atoms with E-state index in [1.54, 1.807) is 0 Å². The molecule has 1 aromatic carbocycles. The smallest absolute Gasteiger partial charge is 0.305 e. The molecule has 166 valence electrons. The second-order valence-corrected chi connectivity index (χ2v) is 9.18. The third-order valence-electron chi connectivity index (χ3n) is 4.75. The van der Waals surface area contributed by atoms with Gasteiger partial charge >= 0.3 is 5.97 Å². The fraction of sp³-hybridized carbons (Fsp3) is 0.278. The number of nitrogens with one attached hydrogen (secondary N) is 1. The first kappa shape index (κ1) is 22.6. The van der Waals surface area contributed by atoms with Gasteiger partial charge in [-0.3, -0.25) is 9.78 Å². The maximum absolute atomic E-state index is 14.6. The molecular formula is C18H20FN5O6S. The molecular weight excluding hydrogens is 433 g/mol. The predicted octanol–water partition coefficient (Wildman–Crippen LogP) is -0.635. The number of aliphatic hydroxyl groups is 3. The van der Waals surface area contributed by atoms with Crippen LogP contribution in [0.1, 0.15) is 28.5 Å². The summed E-state index contributed by atoms with van der Waals surface area (Å²) in [7, 11) is -2.58. The van der Waals surface area contributed by atoms with E-state index in [0.717, 1.165) is 28.7 Å². The van der Waals surface area contributed by atoms with E-state index < -0.39 is 39.0 Å². The van der Waals surface area contributed by atoms with Gasteiger partial charge in [0, 0.05) is 24.5 Å². The minimum Gasteiger partial charge on any atom is -0.369 e. The Kier molecular flexibility index (Phi) is 5.48. The molecule has 1 amide bonds. The lowest BCUT2D eigenvalue weighted by atomic mass is 9.93. The molecule has 0 aliphatic carbocycles. The van der Waals surface area contributed by atoms with Crippen molar-refractivity contribution in [3.8, 4) is 0 Å². The topological polar surface area (TPSA) is 178 Å². The van der Waals surface area contributed by atoms with E-state index >= 15 is 0 Å². The number of anilines is 1. The molecule has 0 fully saturated rings. The third kappa shape index (κ3) is 4.49. The summed E-state index contributed by atoms with van der Waals surface area (Å²) in [4.78, 5) is 20.3. The maximum Gasteiger partial charge on any atom is 0.305 e. The normalized spacial score (nSPS) is 20.8. The van der Waals surface area contributed by atoms with Crippen molar-refractivity contribution in [3.05, 3.63) is 59.2 Å². The monoisotopic (exact) mass is 453 g/mol. The van der Waals surface area contributed by atoms with Crippen LogP contribution in [0.2, 0.25) is 0 Å². The molecule has 11 nitrogen and oxygen atoms in total. The Morgan fingerprint density at radius 3 is 2.52 bits per heavy atom. The van der Waals surface area contributed by atoms with Crippen LogP contribution in [0.15, 0.2) is 41.5 Å². The highest BCUT2D eigenvalue weighted by Gasteiger charge is 2.41. The lowest BCUT2D eigenvalue weighted by Gasteiger charge is -2.34. The van der Waals surface area contributed by atoms with Crippen LogP contribution >= 0.6 is 0 Å². The first-order chi connectivity index (χ1) is 14.2. The van der Waals surface area contributed by atoms with Gasteiger partial charge < -0.3 is 26.4 Å². The van der Waals surface area contributed by atoms with Crippen molar-refractivity contribution >= 4 is 27.6 Å². The summed E-state index contributed by atoms with van der Waals surface area (Å²) in [5, 5.41) is 29.8. The van der Waals surface area contributed by atoms with Crippen LogP contribution in [0.25, 0.3) is 0 Å². The number of halogens is 1. The predicted molar refractivity (Wildman–Crippen MR) is 107 cm³/mol. The zero-order valence-electron chi connectivity index (χ0n) is 16.4. The Bertz CT molecular complexity index is 1160. The van der Waals surface area contributed by atoms with E-state index in [4.69, 9.17) is 21.1 Å². The number of aromatic nitrogens is 1. The van der Waals surface area contributed by atoms with Crippen molar-refractivity contribution in [2.45, 2.75) is 18.4 Å². The van der Waals surface area contributed by atoms with Crippen molar-refractivity contribution < 1.29 is 32.9 Å². The molecule has 1 aliphatic heterocycles. The van der Waals surface area contributed by atoms with E-state index in [2.05, 4.69) is 15.3 Å². The summed E-state index contributed by atoms with van der Waals surface area (Å²) in [6.07, 6.45) is 0.896. The van der Waals surface area contributed by atoms with E-state index in [1.807, 2.05) is 0 Å². The van der Waals surface area contributed by atoms with Crippen LogP contribution in [0.3, 0.4) is 0 Å². The minimum absolute atomic E-state index is 0.0844. The number of rotatable bonds is 4. The van der Waals surface area contributed by atoms with Crippen LogP contribution in [0, 0.1) is 5.82 Å². The number of nitrogens with zero attached hydrogens (tertiary/aromatic N) is 3. The first-order valence-corrected chi connectivity index (χ1v) is 10.4. The lowest BCUT2D eigenvalue weighted by Crippen LogP contribution is -2.50. The average molecular weight is 453 g/mol. The van der Waals surface area contributed by atoms with E-state index in [-0.39, 0.29) is 28.5 Å². The minimum atomic E-state index is -3.83. The van der Waals surface area contributed by atoms with Gasteiger partial charge in [0.2, 0.25) is 16.0 Å². The SMILES string of the molecule is CN1C(N)=N[C@](C)(c2cc(NC(=O)c3ccc(C(O)(O)O)cn3)ccc2F)CS1(=O)=O. The summed E-state index contributed by atoms with van der Waals surface area (Å²) >= 11 is 0. The Morgan fingerprint density at radius 2 is 1.97 bits per heavy atom. The van der Waals surface area contributed by atoms with E-state index in [9.17, 15) is 17.6 Å². The van der Waals surface area contributed by atoms with Gasteiger partial charge in [-0.05, 0) is 37.3 Å². The summed E-state index contributed by atoms with van der Waals surface area (Å²) in [6.45, 7) is 1.42. The van der Waals surface area contributed by atoms with Gasteiger partial charge in [-0.25, -0.2) is 22.1 Å². The number of hydrogen-bond acceptors (Lipinski definition) is 9. The molecule has 1 aromatic heterocycles. The molecule has 31 heavy (non-hydrogen) atoms. The Labute approximate surface area is 176 Å². The Balaban J connectivity index is 1.91. The zero-order valence-corrected chi connectivity index (χ0v) is 17.3. The highest BCUT2D eigenvalue weighted by Crippen LogP contribution is 2.34. The van der Waals surface area contributed by atoms with Crippen LogP contribution in [0.5, 0.6) is 0 Å². The maximum atomic E-state index is 14.6. The molecule has 2 aromatic rings. The van der Waals surface area contributed by atoms with Gasteiger partial charge in [-0.1, -0.05) is 0 Å². The van der Waals surface area contributed by atoms with Gasteiger partial charge in [-0.15, -0.1) is 0 Å². The van der Waals surface area contributed by atoms with Crippen molar-refractivity contribution in [1.82, 2.24) is 9.29 Å². The number of aliphatic imine (C=N–C) groups is 1. The molecule has 0 radical (unpaired) electrons. The van der Waals surface area contributed by atoms with Gasteiger partial charge in [0.15, 0.2) is 0 Å². The zero-order chi connectivity index (χ0) is 23.2. The van der Waals surface area contributed by atoms with Crippen molar-refractivity contribution in [1.29, 1.82) is 0 Å². The number of amides is 1. The number of carbonyl (C=O) groups is 1. The Morgan fingerprint density at radius 1 is 1.29 bits per heavy atom.